The van der Waals surface area contributed by atoms with Gasteiger partial charge in [0.05, 0.1) is 6.54 Å². The molecular weight excluding hydrogens is 355 g/mol. The molecule has 5 nitrogen and oxygen atoms in total. The van der Waals surface area contributed by atoms with E-state index in [1.54, 1.807) is 0 Å². The van der Waals surface area contributed by atoms with Crippen molar-refractivity contribution in [1.29, 1.82) is 0 Å². The number of amides is 1. The van der Waals surface area contributed by atoms with E-state index >= 15 is 0 Å². The number of aliphatic imine (C=N–C) groups is 1. The largest absolute Gasteiger partial charge is 0.370 e. The van der Waals surface area contributed by atoms with Crippen LogP contribution >= 0.6 is 24.0 Å². The van der Waals surface area contributed by atoms with E-state index in [0.29, 0.717) is 19.0 Å². The van der Waals surface area contributed by atoms with E-state index in [-0.39, 0.29) is 29.9 Å². The van der Waals surface area contributed by atoms with Crippen LogP contribution < -0.4 is 16.4 Å². The molecule has 106 valence electrons. The lowest BCUT2D eigenvalue weighted by molar-refractivity contribution is -0.118. The Morgan fingerprint density at radius 3 is 2.37 bits per heavy atom. The monoisotopic (exact) mass is 376 g/mol. The predicted octanol–water partition coefficient (Wildman–Crippen LogP) is 1.78. The maximum atomic E-state index is 10.6. The van der Waals surface area contributed by atoms with Gasteiger partial charge in [0.2, 0.25) is 5.91 Å². The number of nitrogens with one attached hydrogen (secondary N) is 2. The number of nitrogens with zero attached hydrogens (tertiary/aromatic N) is 1. The lowest BCUT2D eigenvalue weighted by Crippen LogP contribution is -2.27. The van der Waals surface area contributed by atoms with E-state index in [1.807, 2.05) is 26.0 Å². The third-order valence-electron chi connectivity index (χ3n) is 2.26. The lowest BCUT2D eigenvalue weighted by atomic mass is 10.1. The summed E-state index contributed by atoms with van der Waals surface area (Å²) >= 11 is 0. The summed E-state index contributed by atoms with van der Waals surface area (Å²) in [6.45, 7) is 6.49. The molecule has 0 saturated heterocycles. The summed E-state index contributed by atoms with van der Waals surface area (Å²) in [4.78, 5) is 14.8. The molecular formula is C13H21IN4O. The molecule has 0 unspecified atom stereocenters. The lowest BCUT2D eigenvalue weighted by Gasteiger charge is -2.08. The van der Waals surface area contributed by atoms with Crippen molar-refractivity contribution >= 4 is 41.5 Å². The fourth-order valence-corrected chi connectivity index (χ4v) is 1.64. The van der Waals surface area contributed by atoms with Crippen LogP contribution in [0, 0.1) is 13.8 Å². The highest BCUT2D eigenvalue weighted by Crippen LogP contribution is 2.13. The number of anilines is 1. The van der Waals surface area contributed by atoms with E-state index in [9.17, 15) is 4.79 Å². The maximum absolute atomic E-state index is 10.6. The summed E-state index contributed by atoms with van der Waals surface area (Å²) in [6.07, 6.45) is 0. The highest BCUT2D eigenvalue weighted by Gasteiger charge is 1.97. The highest BCUT2D eigenvalue weighted by molar-refractivity contribution is 14.0. The Morgan fingerprint density at radius 1 is 1.26 bits per heavy atom. The zero-order chi connectivity index (χ0) is 13.5. The van der Waals surface area contributed by atoms with Gasteiger partial charge in [-0.15, -0.1) is 24.0 Å². The van der Waals surface area contributed by atoms with Crippen molar-refractivity contribution in [2.75, 3.05) is 18.4 Å². The number of benzene rings is 1. The molecule has 6 heteroatoms. The number of guanidine groups is 1. The Hall–Kier alpha value is -1.31. The number of nitrogens with two attached hydrogens (primary N) is 1. The molecule has 0 aromatic heterocycles. The summed E-state index contributed by atoms with van der Waals surface area (Å²) in [5, 5.41) is 5.68. The number of rotatable bonds is 4. The quantitative estimate of drug-likeness (QED) is 0.324. The number of aryl methyl sites for hydroxylation is 2. The van der Waals surface area contributed by atoms with Crippen LogP contribution in [-0.4, -0.2) is 25.0 Å². The Labute approximate surface area is 131 Å². The summed E-state index contributed by atoms with van der Waals surface area (Å²) in [5.74, 6) is 0.288. The first kappa shape index (κ1) is 17.7. The fraction of sp³-hybridized carbons (Fsp3) is 0.385. The topological polar surface area (TPSA) is 79.5 Å². The van der Waals surface area contributed by atoms with Gasteiger partial charge in [0.15, 0.2) is 5.96 Å². The second kappa shape index (κ2) is 8.73. The fourth-order valence-electron chi connectivity index (χ4n) is 1.64. The normalized spacial score (nSPS) is 10.6. The minimum Gasteiger partial charge on any atom is -0.370 e. The smallest absolute Gasteiger partial charge is 0.216 e. The van der Waals surface area contributed by atoms with Crippen LogP contribution in [-0.2, 0) is 4.79 Å². The predicted molar refractivity (Wildman–Crippen MR) is 90.1 cm³/mol. The second-order valence-electron chi connectivity index (χ2n) is 4.25. The maximum Gasteiger partial charge on any atom is 0.216 e. The van der Waals surface area contributed by atoms with E-state index in [4.69, 9.17) is 5.73 Å². The van der Waals surface area contributed by atoms with Crippen molar-refractivity contribution in [3.05, 3.63) is 29.3 Å². The molecule has 0 atom stereocenters. The average molecular weight is 376 g/mol. The van der Waals surface area contributed by atoms with E-state index in [1.165, 1.54) is 18.1 Å². The van der Waals surface area contributed by atoms with Gasteiger partial charge in [-0.1, -0.05) is 6.07 Å². The minimum atomic E-state index is -0.0639. The Bertz CT molecular complexity index is 440. The Kier molecular flexibility index (Phi) is 8.13. The van der Waals surface area contributed by atoms with Crippen LogP contribution in [0.3, 0.4) is 0 Å². The van der Waals surface area contributed by atoms with Crippen LogP contribution in [0.25, 0.3) is 0 Å². The number of hydrogen-bond donors (Lipinski definition) is 3. The molecule has 0 fully saturated rings. The van der Waals surface area contributed by atoms with Crippen LogP contribution in [0.2, 0.25) is 0 Å². The summed E-state index contributed by atoms with van der Waals surface area (Å²) in [6, 6.07) is 6.10. The van der Waals surface area contributed by atoms with Crippen LogP contribution in [0.15, 0.2) is 23.2 Å². The van der Waals surface area contributed by atoms with E-state index in [2.05, 4.69) is 21.7 Å². The number of hydrogen-bond acceptors (Lipinski definition) is 2. The van der Waals surface area contributed by atoms with Gasteiger partial charge in [-0.25, -0.2) is 0 Å². The molecule has 1 aromatic carbocycles. The van der Waals surface area contributed by atoms with Crippen LogP contribution in [0.1, 0.15) is 18.1 Å². The van der Waals surface area contributed by atoms with Crippen molar-refractivity contribution in [2.24, 2.45) is 10.7 Å². The molecule has 4 N–H and O–H groups in total. The van der Waals surface area contributed by atoms with Crippen molar-refractivity contribution in [2.45, 2.75) is 20.8 Å². The third kappa shape index (κ3) is 7.66. The standard InChI is InChI=1S/C13H20N4O.HI/c1-9-6-10(2)8-12(7-9)17-13(14)16-5-4-15-11(3)18;/h6-8H,4-5H2,1-3H3,(H,15,18)(H3,14,16,17);1H. The van der Waals surface area contributed by atoms with Gasteiger partial charge in [0, 0.05) is 19.2 Å². The molecule has 0 radical (unpaired) electrons. The SMILES string of the molecule is CC(=O)NCCN=C(N)Nc1cc(C)cc(C)c1.I. The highest BCUT2D eigenvalue weighted by atomic mass is 127. The van der Waals surface area contributed by atoms with Crippen molar-refractivity contribution in [1.82, 2.24) is 5.32 Å². The molecule has 1 rings (SSSR count). The van der Waals surface area contributed by atoms with Gasteiger partial charge in [-0.2, -0.15) is 0 Å². The van der Waals surface area contributed by atoms with Gasteiger partial charge < -0.3 is 16.4 Å². The second-order valence-corrected chi connectivity index (χ2v) is 4.25. The van der Waals surface area contributed by atoms with E-state index in [0.717, 1.165) is 5.69 Å². The average Bonchev–Trinajstić information content (AvgIpc) is 2.22. The summed E-state index contributed by atoms with van der Waals surface area (Å²) in [5.41, 5.74) is 9.01. The first-order valence-corrected chi connectivity index (χ1v) is 5.87. The van der Waals surface area contributed by atoms with Gasteiger partial charge in [-0.05, 0) is 37.1 Å². The molecule has 0 heterocycles. The molecule has 19 heavy (non-hydrogen) atoms. The van der Waals surface area contributed by atoms with Gasteiger partial charge in [0.25, 0.3) is 0 Å². The Balaban J connectivity index is 0.00000324. The summed E-state index contributed by atoms with van der Waals surface area (Å²) < 4.78 is 0. The number of halogens is 1. The van der Waals surface area contributed by atoms with Crippen LogP contribution in [0.4, 0.5) is 5.69 Å². The van der Waals surface area contributed by atoms with Gasteiger partial charge >= 0.3 is 0 Å². The Morgan fingerprint density at radius 2 is 1.84 bits per heavy atom. The van der Waals surface area contributed by atoms with Crippen molar-refractivity contribution in [3.63, 3.8) is 0 Å². The molecule has 1 aromatic rings. The zero-order valence-electron chi connectivity index (χ0n) is 11.5. The number of carbonyl (C=O) groups is 1. The molecule has 0 spiro atoms. The molecule has 0 aliphatic carbocycles. The minimum absolute atomic E-state index is 0. The molecule has 0 aliphatic heterocycles. The first-order valence-electron chi connectivity index (χ1n) is 5.87. The number of carbonyl (C=O) groups excluding carboxylic acids is 1. The summed E-state index contributed by atoms with van der Waals surface area (Å²) in [7, 11) is 0. The van der Waals surface area contributed by atoms with Crippen LogP contribution in [0.5, 0.6) is 0 Å². The molecule has 0 bridgehead atoms. The molecule has 1 amide bonds. The first-order chi connectivity index (χ1) is 8.47. The van der Waals surface area contributed by atoms with Crippen molar-refractivity contribution in [3.8, 4) is 0 Å². The molecule has 0 aliphatic rings. The third-order valence-corrected chi connectivity index (χ3v) is 2.26. The van der Waals surface area contributed by atoms with Gasteiger partial charge in [0.1, 0.15) is 0 Å². The zero-order valence-corrected chi connectivity index (χ0v) is 13.8. The molecule has 0 saturated carbocycles. The van der Waals surface area contributed by atoms with E-state index < -0.39 is 0 Å². The van der Waals surface area contributed by atoms with Crippen molar-refractivity contribution < 1.29 is 4.79 Å². The van der Waals surface area contributed by atoms with Gasteiger partial charge in [-0.3, -0.25) is 9.79 Å².